The monoisotopic (exact) mass is 1250 g/mol. The molecule has 90 heavy (non-hydrogen) atoms. The second kappa shape index (κ2) is 29.7. The van der Waals surface area contributed by atoms with Crippen molar-refractivity contribution in [3.05, 3.63) is 141 Å². The number of nitrogens with zero attached hydrogens (tertiary/aromatic N) is 8. The number of esters is 1. The summed E-state index contributed by atoms with van der Waals surface area (Å²) in [5, 5.41) is 44.4. The van der Waals surface area contributed by atoms with Crippen molar-refractivity contribution in [2.75, 3.05) is 13.1 Å². The molecule has 3 aromatic carbocycles. The molecule has 24 nitrogen and oxygen atoms in total. The van der Waals surface area contributed by atoms with Gasteiger partial charge in [-0.15, -0.1) is 16.4 Å². The van der Waals surface area contributed by atoms with Gasteiger partial charge in [-0.2, -0.15) is 0 Å². The number of amides is 6. The molecule has 0 aliphatic carbocycles. The molecule has 25 heteroatoms. The Hall–Kier alpha value is -8.81. The third kappa shape index (κ3) is 17.1. The summed E-state index contributed by atoms with van der Waals surface area (Å²) < 4.78 is 8.03. The maximum absolute atomic E-state index is 14.3. The van der Waals surface area contributed by atoms with Crippen LogP contribution < -0.4 is 26.7 Å². The number of aliphatic hydroxyl groups is 1. The molecule has 0 unspecified atom stereocenters. The first-order valence-corrected chi connectivity index (χ1v) is 31.6. The number of cyclic esters (lactones) is 1. The molecule has 6 heterocycles. The number of aromatic nitrogens is 5. The Kier molecular flexibility index (Phi) is 21.6. The van der Waals surface area contributed by atoms with E-state index >= 15 is 0 Å². The van der Waals surface area contributed by atoms with Gasteiger partial charge in [0.15, 0.2) is 0 Å². The van der Waals surface area contributed by atoms with Crippen LogP contribution in [-0.4, -0.2) is 136 Å². The summed E-state index contributed by atoms with van der Waals surface area (Å²) in [6.07, 6.45) is 7.93. The van der Waals surface area contributed by atoms with Crippen LogP contribution in [0.2, 0.25) is 0 Å². The predicted molar refractivity (Wildman–Crippen MR) is 336 cm³/mol. The van der Waals surface area contributed by atoms with Gasteiger partial charge in [-0.3, -0.25) is 53.4 Å². The van der Waals surface area contributed by atoms with Gasteiger partial charge in [0.05, 0.1) is 50.1 Å². The lowest BCUT2D eigenvalue weighted by atomic mass is 9.85. The average molecular weight is 1250 g/mol. The first kappa shape index (κ1) is 65.6. The number of carbonyl (C=O) groups is 7. The van der Waals surface area contributed by atoms with Crippen LogP contribution in [0.4, 0.5) is 5.69 Å². The number of fused-ring (bicyclic) bond motifs is 4. The van der Waals surface area contributed by atoms with Crippen molar-refractivity contribution >= 4 is 75.4 Å². The van der Waals surface area contributed by atoms with Crippen LogP contribution in [0.3, 0.4) is 0 Å². The van der Waals surface area contributed by atoms with Gasteiger partial charge in [-0.05, 0) is 106 Å². The standard InChI is InChI=1S/C65H79N13O11S/c1-39(44-23-25-46(26-24-44)58-40(2)66-38-90-58)67-61(83)54-35-49(79)37-76(54)63(85)59(65(4,5)6)71-57(81)17-8-7-9-31-75-36-47(72-74-75)14-11-16-55-50-30-27-45-22-19-42(33-52(45)69-50)13-10-18-56(80)70-53(34-43-20-28-48(29-21-43)78(87)88)60(82)68-41(3)62(84)77-32-12-15-51(73-77)64(86)89-55/h10,13,19-30,33,36,38-39,41,49,51,53-55,59,73,79H,7-9,11-12,14-18,31-32,34-35,37H2,1-6H3,(H,67,83)(H,68,82)(H,70,80)(H,71,81)/b13-10-/t39-,41-,49+,51-,53-,54-,55+,59+/m0/s1. The van der Waals surface area contributed by atoms with Crippen LogP contribution in [0.25, 0.3) is 27.4 Å². The summed E-state index contributed by atoms with van der Waals surface area (Å²) in [6, 6.07) is 17.6. The molecule has 5 bridgehead atoms. The number of ether oxygens (including phenoxy) is 1. The Morgan fingerprint density at radius 3 is 2.46 bits per heavy atom. The fraction of sp³-hybridized carbons (Fsp3) is 0.462. The van der Waals surface area contributed by atoms with E-state index in [0.717, 1.165) is 38.3 Å². The number of nitrogens with one attached hydrogen (secondary N) is 5. The molecule has 6 N–H and O–H groups in total. The molecule has 3 aliphatic rings. The van der Waals surface area contributed by atoms with Crippen LogP contribution in [0.1, 0.15) is 145 Å². The number of rotatable bonds is 19. The van der Waals surface area contributed by atoms with E-state index in [4.69, 9.17) is 9.72 Å². The molecule has 0 saturated carbocycles. The normalized spacial score (nSPS) is 21.2. The molecule has 2 fully saturated rings. The first-order chi connectivity index (χ1) is 43.1. The summed E-state index contributed by atoms with van der Waals surface area (Å²) in [7, 11) is 0. The Morgan fingerprint density at radius 1 is 0.956 bits per heavy atom. The van der Waals surface area contributed by atoms with Crippen LogP contribution >= 0.6 is 11.3 Å². The smallest absolute Gasteiger partial charge is 0.325 e. The molecule has 6 aromatic rings. The molecule has 476 valence electrons. The maximum atomic E-state index is 14.3. The number of β-amino-alcohol motifs (C(OH)–C–C–N with tert-alkyl or cyclic N) is 1. The number of unbranched alkanes of at least 4 members (excludes halogenated alkanes) is 2. The lowest BCUT2D eigenvalue weighted by molar-refractivity contribution is -0.384. The third-order valence-corrected chi connectivity index (χ3v) is 17.5. The number of likely N-dealkylation sites (tertiary alicyclic amines) is 1. The summed E-state index contributed by atoms with van der Waals surface area (Å²) in [6.45, 7) is 11.7. The van der Waals surface area contributed by atoms with Crippen molar-refractivity contribution < 1.29 is 48.3 Å². The van der Waals surface area contributed by atoms with E-state index in [1.165, 1.54) is 41.1 Å². The fourth-order valence-corrected chi connectivity index (χ4v) is 12.2. The van der Waals surface area contributed by atoms with Crippen molar-refractivity contribution in [3.8, 4) is 10.4 Å². The van der Waals surface area contributed by atoms with Crippen molar-refractivity contribution in [2.45, 2.75) is 174 Å². The number of hydrogen-bond acceptors (Lipinski definition) is 17. The van der Waals surface area contributed by atoms with E-state index in [1.54, 1.807) is 28.2 Å². The first-order valence-electron chi connectivity index (χ1n) is 30.7. The van der Waals surface area contributed by atoms with Gasteiger partial charge in [-0.1, -0.05) is 99.2 Å². The Bertz CT molecular complexity index is 3600. The van der Waals surface area contributed by atoms with Crippen molar-refractivity contribution in [1.82, 2.24) is 61.6 Å². The molecule has 8 atom stereocenters. The summed E-state index contributed by atoms with van der Waals surface area (Å²) in [5.41, 5.74) is 10.0. The number of pyridine rings is 1. The molecule has 0 radical (unpaired) electrons. The maximum Gasteiger partial charge on any atom is 0.325 e. The minimum atomic E-state index is -1.13. The number of nitro groups is 1. The number of aryl methyl sites for hydroxylation is 3. The third-order valence-electron chi connectivity index (χ3n) is 16.5. The second-order valence-corrected chi connectivity index (χ2v) is 25.4. The van der Waals surface area contributed by atoms with Crippen LogP contribution in [-0.2, 0) is 57.7 Å². The van der Waals surface area contributed by atoms with Crippen molar-refractivity contribution in [3.63, 3.8) is 0 Å². The molecule has 6 amide bonds. The zero-order valence-corrected chi connectivity index (χ0v) is 52.4. The van der Waals surface area contributed by atoms with E-state index < -0.39 is 82.4 Å². The van der Waals surface area contributed by atoms with Gasteiger partial charge in [-0.25, -0.2) is 15.4 Å². The van der Waals surface area contributed by atoms with Gasteiger partial charge >= 0.3 is 5.97 Å². The topological polar surface area (TPSA) is 315 Å². The fourth-order valence-electron chi connectivity index (χ4n) is 11.4. The highest BCUT2D eigenvalue weighted by Crippen LogP contribution is 2.31. The summed E-state index contributed by atoms with van der Waals surface area (Å²) >= 11 is 1.56. The number of benzene rings is 3. The predicted octanol–water partition coefficient (Wildman–Crippen LogP) is 6.85. The van der Waals surface area contributed by atoms with Crippen molar-refractivity contribution in [1.29, 1.82) is 0 Å². The number of hydrogen-bond donors (Lipinski definition) is 6. The van der Waals surface area contributed by atoms with Gasteiger partial charge in [0.1, 0.15) is 36.3 Å². The minimum Gasteiger partial charge on any atom is -0.455 e. The van der Waals surface area contributed by atoms with Gasteiger partial charge in [0.25, 0.3) is 11.6 Å². The molecule has 2 saturated heterocycles. The van der Waals surface area contributed by atoms with Crippen LogP contribution in [0.15, 0.2) is 96.6 Å². The molecule has 3 aromatic heterocycles. The molecular formula is C65H79N13O11S. The van der Waals surface area contributed by atoms with E-state index in [-0.39, 0.29) is 62.3 Å². The van der Waals surface area contributed by atoms with E-state index in [2.05, 4.69) is 42.0 Å². The zero-order valence-electron chi connectivity index (χ0n) is 51.6. The molecular weight excluding hydrogens is 1170 g/mol. The number of carbonyl (C=O) groups excluding carboxylic acids is 7. The molecule has 9 rings (SSSR count). The van der Waals surface area contributed by atoms with Gasteiger partial charge in [0, 0.05) is 69.0 Å². The molecule has 3 aliphatic heterocycles. The highest BCUT2D eigenvalue weighted by molar-refractivity contribution is 7.13. The van der Waals surface area contributed by atoms with E-state index in [1.807, 2.05) is 101 Å². The largest absolute Gasteiger partial charge is 0.455 e. The number of aliphatic hydroxyl groups excluding tert-OH is 1. The number of thiazole rings is 1. The number of non-ortho nitro benzene ring substituents is 1. The lowest BCUT2D eigenvalue weighted by Gasteiger charge is -2.35. The van der Waals surface area contributed by atoms with Crippen LogP contribution in [0, 0.1) is 22.5 Å². The lowest BCUT2D eigenvalue weighted by Crippen LogP contribution is -2.60. The number of hydrazine groups is 1. The Balaban J connectivity index is 0.775. The van der Waals surface area contributed by atoms with Crippen molar-refractivity contribution in [2.24, 2.45) is 5.41 Å². The second-order valence-electron chi connectivity index (χ2n) is 24.6. The van der Waals surface area contributed by atoms with Gasteiger partial charge in [0.2, 0.25) is 29.5 Å². The minimum absolute atomic E-state index is 0.0116. The van der Waals surface area contributed by atoms with E-state index in [9.17, 15) is 48.8 Å². The number of nitro benzene ring substituents is 1. The quantitative estimate of drug-likeness (QED) is 0.0209. The SMILES string of the molecule is Cc1ncsc1-c1ccc([C@H](C)NC(=O)[C@@H]2C[C@@H](O)CN2C(=O)[C@@H](NC(=O)CCCCCn2cc(CCC[C@H]3OC(=O)[C@@H]4CCCN(N4)C(=O)[C@H](C)NC(=O)[C@H](Cc4ccc([N+](=O)[O-])cc4)NC(=O)C/C=C\c4ccc5ccc3nc5c4)nn2)C(C)(C)C)cc1. The average Bonchev–Trinajstić information content (AvgIpc) is 1.57. The van der Waals surface area contributed by atoms with Gasteiger partial charge < -0.3 is 36.0 Å². The molecule has 0 spiro atoms. The summed E-state index contributed by atoms with van der Waals surface area (Å²) in [4.78, 5) is 119. The Morgan fingerprint density at radius 2 is 1.72 bits per heavy atom. The zero-order chi connectivity index (χ0) is 64.2. The van der Waals surface area contributed by atoms with E-state index in [0.29, 0.717) is 74.7 Å². The summed E-state index contributed by atoms with van der Waals surface area (Å²) in [5.74, 6) is -3.30. The highest BCUT2D eigenvalue weighted by atomic mass is 32.1. The van der Waals surface area contributed by atoms with Crippen LogP contribution in [0.5, 0.6) is 0 Å². The highest BCUT2D eigenvalue weighted by Gasteiger charge is 2.45. The Labute approximate surface area is 526 Å².